The van der Waals surface area contributed by atoms with E-state index in [9.17, 15) is 9.59 Å². The lowest BCUT2D eigenvalue weighted by atomic mass is 10.1. The largest absolute Gasteiger partial charge is 0.337 e. The number of aromatic amines is 1. The number of halogens is 4. The summed E-state index contributed by atoms with van der Waals surface area (Å²) in [5.41, 5.74) is 0.843. The van der Waals surface area contributed by atoms with Gasteiger partial charge in [0.1, 0.15) is 18.3 Å². The normalized spacial score (nSPS) is 11.2. The molecule has 44 heavy (non-hydrogen) atoms. The standard InChI is InChI=1S/C31H37Cl4N7O2/c1-2-3-4-5-6-7-8-9-10-11-12-13-27(43)38-22-14-15-23(33)26(18-22)39-30-29(41-20-36-19-37-41)31(44)42(40-30)28-24(34)16-21(32)17-25(28)35/h14-20,39-40H,2-13H2,1H3,(H,38,43). The highest BCUT2D eigenvalue weighted by Crippen LogP contribution is 2.34. The van der Waals surface area contributed by atoms with Gasteiger partial charge >= 0.3 is 0 Å². The van der Waals surface area contributed by atoms with E-state index in [4.69, 9.17) is 46.4 Å². The zero-order valence-electron chi connectivity index (χ0n) is 24.6. The molecule has 0 aliphatic carbocycles. The first-order valence-corrected chi connectivity index (χ1v) is 16.5. The van der Waals surface area contributed by atoms with Gasteiger partial charge in [0.25, 0.3) is 5.56 Å². The van der Waals surface area contributed by atoms with Gasteiger partial charge in [0.15, 0.2) is 11.5 Å². The van der Waals surface area contributed by atoms with Gasteiger partial charge in [0.05, 0.1) is 20.8 Å². The van der Waals surface area contributed by atoms with Crippen LogP contribution in [0.25, 0.3) is 11.4 Å². The first kappa shape index (κ1) is 33.9. The number of aromatic nitrogens is 5. The maximum absolute atomic E-state index is 13.6. The number of hydrogen-bond donors (Lipinski definition) is 3. The summed E-state index contributed by atoms with van der Waals surface area (Å²) in [5.74, 6) is 0.179. The quantitative estimate of drug-likeness (QED) is 0.0962. The molecule has 0 atom stereocenters. The third-order valence-corrected chi connectivity index (χ3v) is 8.36. The van der Waals surface area contributed by atoms with Crippen molar-refractivity contribution in [1.82, 2.24) is 24.5 Å². The molecular weight excluding hydrogens is 644 g/mol. The van der Waals surface area contributed by atoms with E-state index in [2.05, 4.69) is 32.7 Å². The second kappa shape index (κ2) is 16.9. The average Bonchev–Trinajstić information content (AvgIpc) is 3.61. The first-order chi connectivity index (χ1) is 21.3. The molecule has 236 valence electrons. The lowest BCUT2D eigenvalue weighted by Crippen LogP contribution is -2.19. The summed E-state index contributed by atoms with van der Waals surface area (Å²) in [6, 6.07) is 8.06. The molecule has 0 spiro atoms. The van der Waals surface area contributed by atoms with E-state index in [1.165, 1.54) is 85.5 Å². The summed E-state index contributed by atoms with van der Waals surface area (Å²) < 4.78 is 2.50. The van der Waals surface area contributed by atoms with Gasteiger partial charge in [-0.25, -0.2) is 14.3 Å². The highest BCUT2D eigenvalue weighted by molar-refractivity contribution is 6.40. The van der Waals surface area contributed by atoms with Gasteiger partial charge < -0.3 is 10.6 Å². The van der Waals surface area contributed by atoms with Crippen LogP contribution in [0.2, 0.25) is 20.1 Å². The number of nitrogens with one attached hydrogen (secondary N) is 3. The van der Waals surface area contributed by atoms with E-state index in [-0.39, 0.29) is 33.1 Å². The Morgan fingerprint density at radius 3 is 2.09 bits per heavy atom. The molecule has 0 saturated carbocycles. The van der Waals surface area contributed by atoms with Gasteiger partial charge in [-0.1, -0.05) is 118 Å². The Morgan fingerprint density at radius 1 is 0.841 bits per heavy atom. The van der Waals surface area contributed by atoms with Gasteiger partial charge in [-0.05, 0) is 36.8 Å². The number of hydrogen-bond acceptors (Lipinski definition) is 5. The molecule has 0 radical (unpaired) electrons. The van der Waals surface area contributed by atoms with E-state index < -0.39 is 5.56 Å². The van der Waals surface area contributed by atoms with Crippen molar-refractivity contribution in [2.24, 2.45) is 0 Å². The number of H-pyrrole nitrogens is 1. The van der Waals surface area contributed by atoms with E-state index in [0.717, 1.165) is 19.3 Å². The van der Waals surface area contributed by atoms with E-state index in [0.29, 0.717) is 27.8 Å². The van der Waals surface area contributed by atoms with Crippen LogP contribution in [0.15, 0.2) is 47.8 Å². The Labute approximate surface area is 277 Å². The molecule has 2 heterocycles. The molecule has 2 aromatic carbocycles. The molecular formula is C31H37Cl4N7O2. The topological polar surface area (TPSA) is 110 Å². The number of nitrogens with zero attached hydrogens (tertiary/aromatic N) is 4. The summed E-state index contributed by atoms with van der Waals surface area (Å²) in [6.45, 7) is 2.24. The lowest BCUT2D eigenvalue weighted by Gasteiger charge is -2.12. The fraction of sp³-hybridized carbons (Fsp3) is 0.419. The maximum atomic E-state index is 13.6. The predicted molar refractivity (Wildman–Crippen MR) is 181 cm³/mol. The van der Waals surface area contributed by atoms with Crippen molar-refractivity contribution in [2.75, 3.05) is 10.6 Å². The molecule has 0 aliphatic heterocycles. The number of anilines is 3. The Hall–Kier alpha value is -2.98. The zero-order chi connectivity index (χ0) is 31.5. The van der Waals surface area contributed by atoms with Crippen LogP contribution in [0.5, 0.6) is 0 Å². The van der Waals surface area contributed by atoms with Crippen molar-refractivity contribution in [2.45, 2.75) is 84.0 Å². The average molecular weight is 681 g/mol. The number of amides is 1. The van der Waals surface area contributed by atoms with Gasteiger partial charge in [0, 0.05) is 17.1 Å². The maximum Gasteiger partial charge on any atom is 0.299 e. The molecule has 0 aliphatic rings. The van der Waals surface area contributed by atoms with Gasteiger partial charge in [-0.3, -0.25) is 14.7 Å². The highest BCUT2D eigenvalue weighted by atomic mass is 35.5. The molecule has 3 N–H and O–H groups in total. The van der Waals surface area contributed by atoms with Crippen LogP contribution in [-0.2, 0) is 4.79 Å². The summed E-state index contributed by atoms with van der Waals surface area (Å²) in [7, 11) is 0. The van der Waals surface area contributed by atoms with Crippen LogP contribution in [-0.4, -0.2) is 30.5 Å². The van der Waals surface area contributed by atoms with E-state index >= 15 is 0 Å². The molecule has 13 heteroatoms. The fourth-order valence-corrected chi connectivity index (χ4v) is 6.11. The Balaban J connectivity index is 1.39. The summed E-state index contributed by atoms with van der Waals surface area (Å²) in [4.78, 5) is 30.2. The van der Waals surface area contributed by atoms with Crippen molar-refractivity contribution in [1.29, 1.82) is 0 Å². The number of rotatable bonds is 17. The zero-order valence-corrected chi connectivity index (χ0v) is 27.7. The number of carbonyl (C=O) groups excluding carboxylic acids is 1. The van der Waals surface area contributed by atoms with Crippen LogP contribution in [0.4, 0.5) is 17.2 Å². The molecule has 4 rings (SSSR count). The number of benzene rings is 2. The molecule has 1 amide bonds. The molecule has 9 nitrogen and oxygen atoms in total. The number of unbranched alkanes of at least 4 members (excludes halogenated alkanes) is 10. The SMILES string of the molecule is CCCCCCCCCCCCCC(=O)Nc1ccc(Cl)c(Nc2[nH]n(-c3c(Cl)cc(Cl)cc3Cl)c(=O)c2-n2cncn2)c1. The summed E-state index contributed by atoms with van der Waals surface area (Å²) >= 11 is 25.4. The Morgan fingerprint density at radius 2 is 1.48 bits per heavy atom. The van der Waals surface area contributed by atoms with Crippen molar-refractivity contribution < 1.29 is 4.79 Å². The molecule has 4 aromatic rings. The van der Waals surface area contributed by atoms with Gasteiger partial charge in [-0.2, -0.15) is 5.10 Å². The second-order valence-electron chi connectivity index (χ2n) is 10.7. The minimum Gasteiger partial charge on any atom is -0.337 e. The van der Waals surface area contributed by atoms with Crippen molar-refractivity contribution >= 4 is 69.5 Å². The van der Waals surface area contributed by atoms with Crippen molar-refractivity contribution in [3.8, 4) is 11.4 Å². The molecule has 0 unspecified atom stereocenters. The molecule has 2 aromatic heterocycles. The van der Waals surface area contributed by atoms with Gasteiger partial charge in [0.2, 0.25) is 5.91 Å². The molecule has 0 saturated heterocycles. The number of carbonyl (C=O) groups is 1. The fourth-order valence-electron chi connectivity index (χ4n) is 4.96. The molecule has 0 bridgehead atoms. The summed E-state index contributed by atoms with van der Waals surface area (Å²) in [5, 5.41) is 14.3. The predicted octanol–water partition coefficient (Wildman–Crippen LogP) is 9.74. The summed E-state index contributed by atoms with van der Waals surface area (Å²) in [6.07, 6.45) is 16.6. The van der Waals surface area contributed by atoms with E-state index in [1.807, 2.05) is 0 Å². The monoisotopic (exact) mass is 679 g/mol. The van der Waals surface area contributed by atoms with Crippen LogP contribution in [0, 0.1) is 0 Å². The highest BCUT2D eigenvalue weighted by Gasteiger charge is 2.22. The van der Waals surface area contributed by atoms with Crippen molar-refractivity contribution in [3.63, 3.8) is 0 Å². The smallest absolute Gasteiger partial charge is 0.299 e. The van der Waals surface area contributed by atoms with E-state index in [1.54, 1.807) is 18.2 Å². The Kier molecular flexibility index (Phi) is 13.0. The van der Waals surface area contributed by atoms with Gasteiger partial charge in [-0.15, -0.1) is 0 Å². The van der Waals surface area contributed by atoms with Crippen LogP contribution in [0.1, 0.15) is 84.0 Å². The van der Waals surface area contributed by atoms with Crippen LogP contribution >= 0.6 is 46.4 Å². The lowest BCUT2D eigenvalue weighted by molar-refractivity contribution is -0.116. The second-order valence-corrected chi connectivity index (χ2v) is 12.3. The van der Waals surface area contributed by atoms with Crippen LogP contribution in [0.3, 0.4) is 0 Å². The van der Waals surface area contributed by atoms with Crippen molar-refractivity contribution in [3.05, 3.63) is 73.4 Å². The minimum atomic E-state index is -0.503. The Bertz CT molecular complexity index is 1560. The van der Waals surface area contributed by atoms with Crippen LogP contribution < -0.4 is 16.2 Å². The minimum absolute atomic E-state index is 0.0657. The third-order valence-electron chi connectivity index (χ3n) is 7.24. The first-order valence-electron chi connectivity index (χ1n) is 15.0. The third kappa shape index (κ3) is 9.27. The molecule has 0 fully saturated rings.